The zero-order valence-corrected chi connectivity index (χ0v) is 37.1. The van der Waals surface area contributed by atoms with E-state index in [2.05, 4.69) is 51.8 Å². The van der Waals surface area contributed by atoms with Gasteiger partial charge in [0.15, 0.2) is 9.84 Å². The summed E-state index contributed by atoms with van der Waals surface area (Å²) in [5.74, 6) is 1.07. The lowest BCUT2D eigenvalue weighted by molar-refractivity contribution is -0.248. The Morgan fingerprint density at radius 3 is 2.05 bits per heavy atom. The van der Waals surface area contributed by atoms with E-state index in [1.807, 2.05) is 20.8 Å². The van der Waals surface area contributed by atoms with Gasteiger partial charge in [0.1, 0.15) is 6.10 Å². The first-order valence-corrected chi connectivity index (χ1v) is 24.6. The summed E-state index contributed by atoms with van der Waals surface area (Å²) in [4.78, 5) is 27.7. The number of hydrogen-bond donors (Lipinski definition) is 3. The molecule has 0 radical (unpaired) electrons. The number of ether oxygens (including phenoxy) is 1. The van der Waals surface area contributed by atoms with Gasteiger partial charge in [-0.2, -0.15) is 0 Å². The number of aliphatic carboxylic acids is 1. The van der Waals surface area contributed by atoms with Crippen LogP contribution in [0.1, 0.15) is 146 Å². The van der Waals surface area contributed by atoms with Gasteiger partial charge >= 0.3 is 11.9 Å². The lowest BCUT2D eigenvalue weighted by atomic mass is 9.32. The second kappa shape index (κ2) is 13.4. The summed E-state index contributed by atoms with van der Waals surface area (Å²) < 4.78 is 30.8. The van der Waals surface area contributed by atoms with Crippen molar-refractivity contribution in [1.29, 1.82) is 0 Å². The number of esters is 1. The van der Waals surface area contributed by atoms with Crippen molar-refractivity contribution in [1.82, 2.24) is 10.2 Å². The number of carbonyl (C=O) groups is 2. The van der Waals surface area contributed by atoms with Gasteiger partial charge in [0.05, 0.1) is 29.4 Å². The number of aliphatic hydroxyl groups is 1. The highest BCUT2D eigenvalue weighted by Crippen LogP contribution is 2.78. The second-order valence-corrected chi connectivity index (χ2v) is 25.6. The first-order valence-electron chi connectivity index (χ1n) is 22.8. The molecule has 56 heavy (non-hydrogen) atoms. The molecular formula is C46H76N2O7S. The molecule has 8 fully saturated rings. The van der Waals surface area contributed by atoms with Crippen molar-refractivity contribution >= 4 is 21.8 Å². The van der Waals surface area contributed by atoms with E-state index in [1.165, 1.54) is 57.8 Å². The van der Waals surface area contributed by atoms with Gasteiger partial charge in [0.2, 0.25) is 0 Å². The van der Waals surface area contributed by atoms with Crippen LogP contribution in [0.4, 0.5) is 0 Å². The van der Waals surface area contributed by atoms with Crippen LogP contribution < -0.4 is 5.32 Å². The molecule has 0 aromatic rings. The van der Waals surface area contributed by atoms with Crippen LogP contribution in [0.5, 0.6) is 0 Å². The van der Waals surface area contributed by atoms with E-state index in [1.54, 1.807) is 0 Å². The fraction of sp³-hybridized carbons (Fsp3) is 0.957. The molecule has 318 valence electrons. The molecule has 1 aliphatic heterocycles. The van der Waals surface area contributed by atoms with Crippen LogP contribution in [0.25, 0.3) is 0 Å². The third-order valence-electron chi connectivity index (χ3n) is 20.2. The molecule has 1 heterocycles. The molecule has 0 bridgehead atoms. The molecule has 8 aliphatic rings. The summed E-state index contributed by atoms with van der Waals surface area (Å²) in [5, 5.41) is 24.9. The number of aliphatic hydroxyl groups excluding tert-OH is 1. The minimum absolute atomic E-state index is 0.0322. The molecule has 9 nitrogen and oxygen atoms in total. The summed E-state index contributed by atoms with van der Waals surface area (Å²) >= 11 is 0. The highest BCUT2D eigenvalue weighted by Gasteiger charge is 2.73. The molecule has 8 rings (SSSR count). The maximum Gasteiger partial charge on any atom is 0.310 e. The Bertz CT molecular complexity index is 1680. The van der Waals surface area contributed by atoms with Gasteiger partial charge in [-0.1, -0.05) is 55.4 Å². The summed E-state index contributed by atoms with van der Waals surface area (Å²) in [6, 6.07) is -0.0322. The predicted octanol–water partition coefficient (Wildman–Crippen LogP) is 7.35. The quantitative estimate of drug-likeness (QED) is 0.194. The topological polar surface area (TPSA) is 133 Å². The lowest BCUT2D eigenvalue weighted by Crippen LogP contribution is -2.69. The first kappa shape index (κ1) is 41.5. The fourth-order valence-electron chi connectivity index (χ4n) is 16.4. The predicted molar refractivity (Wildman–Crippen MR) is 218 cm³/mol. The third kappa shape index (κ3) is 6.14. The van der Waals surface area contributed by atoms with Crippen LogP contribution in [0.3, 0.4) is 0 Å². The second-order valence-electron chi connectivity index (χ2n) is 23.3. The van der Waals surface area contributed by atoms with Crippen LogP contribution in [0.15, 0.2) is 0 Å². The van der Waals surface area contributed by atoms with E-state index in [9.17, 15) is 28.2 Å². The number of nitrogens with one attached hydrogen (secondary N) is 1. The van der Waals surface area contributed by atoms with Crippen LogP contribution in [0, 0.1) is 73.9 Å². The van der Waals surface area contributed by atoms with Gasteiger partial charge in [-0.25, -0.2) is 8.42 Å². The molecule has 0 aromatic carbocycles. The van der Waals surface area contributed by atoms with E-state index >= 15 is 0 Å². The maximum absolute atomic E-state index is 13.5. The van der Waals surface area contributed by atoms with Crippen molar-refractivity contribution in [3.8, 4) is 0 Å². The summed E-state index contributed by atoms with van der Waals surface area (Å²) in [7, 11) is -2.98. The number of carbonyl (C=O) groups excluding carboxylic acids is 1. The summed E-state index contributed by atoms with van der Waals surface area (Å²) in [5.41, 5.74) is 0.460. The van der Waals surface area contributed by atoms with Gasteiger partial charge in [-0.15, -0.1) is 0 Å². The molecule has 7 aliphatic carbocycles. The van der Waals surface area contributed by atoms with E-state index in [0.717, 1.165) is 38.1 Å². The van der Waals surface area contributed by atoms with Crippen molar-refractivity contribution in [2.45, 2.75) is 170 Å². The van der Waals surface area contributed by atoms with Crippen molar-refractivity contribution in [3.63, 3.8) is 0 Å². The maximum atomic E-state index is 13.5. The van der Waals surface area contributed by atoms with Crippen molar-refractivity contribution < 1.29 is 33.0 Å². The highest BCUT2D eigenvalue weighted by molar-refractivity contribution is 7.91. The summed E-state index contributed by atoms with van der Waals surface area (Å²) in [6.45, 7) is 22.8. The van der Waals surface area contributed by atoms with Gasteiger partial charge in [-0.05, 0) is 154 Å². The van der Waals surface area contributed by atoms with Crippen LogP contribution in [-0.4, -0.2) is 90.4 Å². The molecule has 1 saturated heterocycles. The highest BCUT2D eigenvalue weighted by atomic mass is 32.2. The third-order valence-corrected chi connectivity index (χ3v) is 21.8. The van der Waals surface area contributed by atoms with Crippen LogP contribution in [-0.2, 0) is 24.2 Å². The van der Waals surface area contributed by atoms with E-state index in [4.69, 9.17) is 4.74 Å². The molecule has 0 amide bonds. The number of rotatable bonds is 10. The molecule has 0 aromatic heterocycles. The van der Waals surface area contributed by atoms with E-state index in [-0.39, 0.29) is 56.8 Å². The summed E-state index contributed by atoms with van der Waals surface area (Å²) in [6.07, 6.45) is 14.7. The molecule has 0 unspecified atom stereocenters. The Kier molecular flexibility index (Phi) is 9.92. The Hall–Kier alpha value is -1.23. The first-order chi connectivity index (χ1) is 26.0. The van der Waals surface area contributed by atoms with Crippen molar-refractivity contribution in [2.75, 3.05) is 31.1 Å². The molecule has 0 spiro atoms. The smallest absolute Gasteiger partial charge is 0.310 e. The number of hydrogen-bond acceptors (Lipinski definition) is 8. The minimum atomic E-state index is -2.98. The molecule has 3 N–H and O–H groups in total. The van der Waals surface area contributed by atoms with Crippen LogP contribution in [0.2, 0.25) is 0 Å². The lowest BCUT2D eigenvalue weighted by Gasteiger charge is -2.73. The SMILES string of the molecule is C[C@@H](O)[C@@H](CCN[C@]12CC[C@@H](C3(C)CC3)[C@@H]1[C@H]1CC[C@@H]3[C@@]4(C)CC[C@H](OC(=O)[C@H]5[C@@H](C(=O)O)C5(C)C)C(C)(C)[C@@H]4CC[C@@]3(C)[C@]1(C)CC2)N1CCS(=O)(=O)CC1. The van der Waals surface area contributed by atoms with E-state index < -0.39 is 39.2 Å². The molecular weight excluding hydrogens is 725 g/mol. The van der Waals surface area contributed by atoms with Crippen molar-refractivity contribution in [2.24, 2.45) is 73.9 Å². The number of fused-ring (bicyclic) bond motifs is 7. The largest absolute Gasteiger partial charge is 0.481 e. The molecule has 10 heteroatoms. The number of sulfone groups is 1. The Balaban J connectivity index is 1.01. The fourth-order valence-corrected chi connectivity index (χ4v) is 17.7. The molecule has 14 atom stereocenters. The zero-order valence-electron chi connectivity index (χ0n) is 36.3. The Morgan fingerprint density at radius 2 is 1.45 bits per heavy atom. The van der Waals surface area contributed by atoms with Gasteiger partial charge in [0.25, 0.3) is 0 Å². The monoisotopic (exact) mass is 801 g/mol. The van der Waals surface area contributed by atoms with E-state index in [0.29, 0.717) is 42.2 Å². The number of carboxylic acids is 1. The standard InChI is InChI=1S/C46H76N2O7S/c1-28(49)31(48-24-26-56(53,54)27-25-48)15-23-47-46-18-12-29(42(6)19-20-42)35(46)30-10-11-33-43(7)16-14-34(55-39(52)37-36(38(50)51)41(37,4)5)40(2,3)32(43)13-17-45(33,9)44(30,8)21-22-46/h28-37,47,49H,10-27H2,1-9H3,(H,50,51)/t28-,29-,30-,31-,32+,33-,34+,35-,36+,37-,43+,44-,45-,46+/m1/s1. The van der Waals surface area contributed by atoms with Crippen molar-refractivity contribution in [3.05, 3.63) is 0 Å². The Labute approximate surface area is 338 Å². The average molecular weight is 801 g/mol. The Morgan fingerprint density at radius 1 is 0.768 bits per heavy atom. The molecule has 7 saturated carbocycles. The normalized spacial score (nSPS) is 47.9. The van der Waals surface area contributed by atoms with Crippen LogP contribution >= 0.6 is 0 Å². The zero-order chi connectivity index (χ0) is 40.6. The minimum Gasteiger partial charge on any atom is -0.481 e. The van der Waals surface area contributed by atoms with Gasteiger partial charge < -0.3 is 20.3 Å². The number of nitrogens with zero attached hydrogens (tertiary/aromatic N) is 1. The van der Waals surface area contributed by atoms with Gasteiger partial charge in [-0.3, -0.25) is 14.5 Å². The van der Waals surface area contributed by atoms with Gasteiger partial charge in [0, 0.05) is 30.1 Å². The average Bonchev–Trinajstić information content (AvgIpc) is 3.93. The number of carboxylic acid groups (broad SMARTS) is 1.